The zero-order valence-electron chi connectivity index (χ0n) is 12.3. The van der Waals surface area contributed by atoms with Crippen LogP contribution in [0.15, 0.2) is 0 Å². The van der Waals surface area contributed by atoms with Gasteiger partial charge in [0.25, 0.3) is 0 Å². The molecule has 0 bridgehead atoms. The number of carbonyl (C=O) groups is 2. The van der Waals surface area contributed by atoms with Crippen LogP contribution in [-0.4, -0.2) is 23.8 Å². The number of unbranched alkanes of at least 4 members (excludes halogenated alkanes) is 3. The molecule has 17 heavy (non-hydrogen) atoms. The summed E-state index contributed by atoms with van der Waals surface area (Å²) in [7, 11) is 0. The van der Waals surface area contributed by atoms with Gasteiger partial charge in [0, 0.05) is 6.92 Å². The largest absolute Gasteiger partial charge is 0.466 e. The van der Waals surface area contributed by atoms with E-state index in [1.807, 2.05) is 0 Å². The highest BCUT2D eigenvalue weighted by Crippen LogP contribution is 1.95. The van der Waals surface area contributed by atoms with Crippen LogP contribution in [0.3, 0.4) is 0 Å². The lowest BCUT2D eigenvalue weighted by Gasteiger charge is -1.89. The maximum Gasteiger partial charge on any atom is 0.302 e. The summed E-state index contributed by atoms with van der Waals surface area (Å²) in [6.45, 7) is 11.2. The second kappa shape index (κ2) is 24.4. The van der Waals surface area contributed by atoms with Gasteiger partial charge in [-0.15, -0.1) is 0 Å². The summed E-state index contributed by atoms with van der Waals surface area (Å²) in [6.07, 6.45) is 5.54. The monoisotopic (exact) mass is 250 g/mol. The van der Waals surface area contributed by atoms with Crippen LogP contribution in [0.25, 0.3) is 0 Å². The number of carbonyl (C=O) groups excluding carboxylic acids is 2. The van der Waals surface area contributed by atoms with Crippen molar-refractivity contribution in [2.24, 2.45) is 0 Å². The molecule has 0 fully saturated rings. The van der Waals surface area contributed by atoms with Crippen LogP contribution in [0.2, 0.25) is 0 Å². The standard InChI is InChI=1S/C6H14.C4H8O2.C3H6O.H2O/c1-3-5-6-4-2;1-3-6-4(2)5;1-3(2)4;/h3-6H2,1-2H3;3H2,1-2H3;1-2H3;1H2. The van der Waals surface area contributed by atoms with E-state index in [4.69, 9.17) is 0 Å². The molecule has 0 aromatic rings. The third kappa shape index (κ3) is 99.6. The molecular formula is C13H30O4. The van der Waals surface area contributed by atoms with Crippen molar-refractivity contribution in [2.75, 3.05) is 6.61 Å². The molecule has 4 heteroatoms. The smallest absolute Gasteiger partial charge is 0.302 e. The summed E-state index contributed by atoms with van der Waals surface area (Å²) in [4.78, 5) is 19.3. The lowest BCUT2D eigenvalue weighted by Crippen LogP contribution is -1.95. The molecule has 0 saturated heterocycles. The molecule has 0 amide bonds. The molecule has 0 saturated carbocycles. The first kappa shape index (κ1) is 25.1. The molecule has 0 aliphatic heterocycles. The van der Waals surface area contributed by atoms with E-state index in [0.29, 0.717) is 6.61 Å². The normalized spacial score (nSPS) is 7.41. The van der Waals surface area contributed by atoms with Gasteiger partial charge in [0.05, 0.1) is 6.61 Å². The van der Waals surface area contributed by atoms with Gasteiger partial charge < -0.3 is 15.0 Å². The van der Waals surface area contributed by atoms with Crippen molar-refractivity contribution in [1.29, 1.82) is 0 Å². The summed E-state index contributed by atoms with van der Waals surface area (Å²) in [5.41, 5.74) is 0. The molecular weight excluding hydrogens is 220 g/mol. The molecule has 0 aliphatic carbocycles. The summed E-state index contributed by atoms with van der Waals surface area (Å²) >= 11 is 0. The zero-order chi connectivity index (χ0) is 13.4. The third-order valence-electron chi connectivity index (χ3n) is 1.30. The Labute approximate surface area is 106 Å². The van der Waals surface area contributed by atoms with Gasteiger partial charge in [-0.05, 0) is 20.8 Å². The fourth-order valence-electron chi connectivity index (χ4n) is 0.703. The summed E-state index contributed by atoms with van der Waals surface area (Å²) in [5.74, 6) is -0.0440. The van der Waals surface area contributed by atoms with Crippen molar-refractivity contribution in [3.8, 4) is 0 Å². The number of ether oxygens (including phenoxy) is 1. The van der Waals surface area contributed by atoms with Crippen molar-refractivity contribution >= 4 is 11.8 Å². The van der Waals surface area contributed by atoms with Gasteiger partial charge in [-0.3, -0.25) is 4.79 Å². The first-order valence-corrected chi connectivity index (χ1v) is 6.02. The highest BCUT2D eigenvalue weighted by molar-refractivity contribution is 5.72. The molecule has 0 rings (SSSR count). The minimum absolute atomic E-state index is 0. The average molecular weight is 250 g/mol. The number of hydrogen-bond donors (Lipinski definition) is 0. The Bertz CT molecular complexity index is 147. The van der Waals surface area contributed by atoms with Gasteiger partial charge in [-0.25, -0.2) is 0 Å². The van der Waals surface area contributed by atoms with E-state index in [0.717, 1.165) is 0 Å². The lowest BCUT2D eigenvalue weighted by molar-refractivity contribution is -0.140. The van der Waals surface area contributed by atoms with Crippen molar-refractivity contribution in [1.82, 2.24) is 0 Å². The van der Waals surface area contributed by atoms with E-state index in [2.05, 4.69) is 18.6 Å². The van der Waals surface area contributed by atoms with Crippen molar-refractivity contribution in [3.63, 3.8) is 0 Å². The molecule has 0 unspecified atom stereocenters. The third-order valence-corrected chi connectivity index (χ3v) is 1.30. The van der Waals surface area contributed by atoms with Crippen molar-refractivity contribution in [2.45, 2.75) is 67.2 Å². The predicted octanol–water partition coefficient (Wildman–Crippen LogP) is 2.93. The average Bonchev–Trinajstić information content (AvgIpc) is 2.14. The Morgan fingerprint density at radius 1 is 0.882 bits per heavy atom. The first-order valence-electron chi connectivity index (χ1n) is 6.02. The quantitative estimate of drug-likeness (QED) is 0.568. The van der Waals surface area contributed by atoms with Crippen LogP contribution < -0.4 is 0 Å². The molecule has 2 N–H and O–H groups in total. The number of ketones is 1. The minimum Gasteiger partial charge on any atom is -0.466 e. The summed E-state index contributed by atoms with van der Waals surface area (Å²) in [6, 6.07) is 0. The maximum absolute atomic E-state index is 9.82. The van der Waals surface area contributed by atoms with E-state index in [9.17, 15) is 9.59 Å². The van der Waals surface area contributed by atoms with Gasteiger partial charge in [-0.2, -0.15) is 0 Å². The van der Waals surface area contributed by atoms with Crippen LogP contribution in [0.5, 0.6) is 0 Å². The predicted molar refractivity (Wildman–Crippen MR) is 72.1 cm³/mol. The number of Topliss-reactive ketones (excluding diaryl/α,β-unsaturated/α-hetero) is 1. The second-order valence-electron chi connectivity index (χ2n) is 3.54. The fourth-order valence-corrected chi connectivity index (χ4v) is 0.703. The van der Waals surface area contributed by atoms with Crippen LogP contribution in [0.1, 0.15) is 67.2 Å². The van der Waals surface area contributed by atoms with E-state index in [1.165, 1.54) is 46.5 Å². The molecule has 106 valence electrons. The highest BCUT2D eigenvalue weighted by atomic mass is 16.5. The minimum atomic E-state index is -0.211. The molecule has 0 atom stereocenters. The van der Waals surface area contributed by atoms with Crippen molar-refractivity contribution in [3.05, 3.63) is 0 Å². The lowest BCUT2D eigenvalue weighted by atomic mass is 10.2. The van der Waals surface area contributed by atoms with E-state index < -0.39 is 0 Å². The van der Waals surface area contributed by atoms with Gasteiger partial charge in [0.2, 0.25) is 0 Å². The molecule has 0 radical (unpaired) electrons. The SMILES string of the molecule is CC(C)=O.CCCCCC.CCOC(C)=O.O. The highest BCUT2D eigenvalue weighted by Gasteiger charge is 1.81. The number of rotatable bonds is 4. The molecule has 0 aromatic carbocycles. The molecule has 0 spiro atoms. The Kier molecular flexibility index (Phi) is 35.9. The van der Waals surface area contributed by atoms with Crippen LogP contribution in [0, 0.1) is 0 Å². The van der Waals surface area contributed by atoms with E-state index in [-0.39, 0.29) is 17.2 Å². The Morgan fingerprint density at radius 2 is 1.18 bits per heavy atom. The van der Waals surface area contributed by atoms with Gasteiger partial charge in [0.1, 0.15) is 5.78 Å². The van der Waals surface area contributed by atoms with Crippen LogP contribution in [0.4, 0.5) is 0 Å². The topological polar surface area (TPSA) is 74.9 Å². The van der Waals surface area contributed by atoms with Crippen molar-refractivity contribution < 1.29 is 19.8 Å². The van der Waals surface area contributed by atoms with E-state index >= 15 is 0 Å². The van der Waals surface area contributed by atoms with Crippen LogP contribution in [-0.2, 0) is 14.3 Å². The second-order valence-corrected chi connectivity index (χ2v) is 3.54. The Balaban J connectivity index is -0.0000000741. The maximum atomic E-state index is 9.82. The Morgan fingerprint density at radius 3 is 1.24 bits per heavy atom. The van der Waals surface area contributed by atoms with E-state index in [1.54, 1.807) is 6.92 Å². The molecule has 4 nitrogen and oxygen atoms in total. The van der Waals surface area contributed by atoms with Gasteiger partial charge in [0.15, 0.2) is 0 Å². The number of hydrogen-bond acceptors (Lipinski definition) is 3. The first-order chi connectivity index (χ1) is 7.42. The molecule has 0 heterocycles. The summed E-state index contributed by atoms with van der Waals surface area (Å²) < 4.78 is 4.40. The van der Waals surface area contributed by atoms with Gasteiger partial charge in [-0.1, -0.05) is 39.5 Å². The molecule has 0 aromatic heterocycles. The zero-order valence-corrected chi connectivity index (χ0v) is 12.3. The fraction of sp³-hybridized carbons (Fsp3) is 0.846. The summed E-state index contributed by atoms with van der Waals surface area (Å²) in [5, 5.41) is 0. The molecule has 0 aliphatic rings. The number of esters is 1. The Hall–Kier alpha value is -0.900. The van der Waals surface area contributed by atoms with Gasteiger partial charge >= 0.3 is 5.97 Å². The van der Waals surface area contributed by atoms with Crippen LogP contribution >= 0.6 is 0 Å².